The molecule has 0 bridgehead atoms. The van der Waals surface area contributed by atoms with Gasteiger partial charge in [0.1, 0.15) is 0 Å². The number of aliphatic hydroxyl groups excluding tert-OH is 1. The van der Waals surface area contributed by atoms with Gasteiger partial charge in [-0.15, -0.1) is 0 Å². The molecule has 0 spiro atoms. The maximum absolute atomic E-state index is 11.4. The molecular formula is C12H16N2O2. The van der Waals surface area contributed by atoms with E-state index in [-0.39, 0.29) is 5.91 Å². The van der Waals surface area contributed by atoms with Gasteiger partial charge in [0.25, 0.3) is 0 Å². The van der Waals surface area contributed by atoms with E-state index in [1.165, 1.54) is 0 Å². The highest BCUT2D eigenvalue weighted by molar-refractivity contribution is 5.81. The zero-order valence-corrected chi connectivity index (χ0v) is 9.55. The summed E-state index contributed by atoms with van der Waals surface area (Å²) < 4.78 is 0. The first-order chi connectivity index (χ1) is 7.59. The van der Waals surface area contributed by atoms with Crippen LogP contribution in [0.3, 0.4) is 0 Å². The molecular weight excluding hydrogens is 204 g/mol. The van der Waals surface area contributed by atoms with Gasteiger partial charge in [-0.25, -0.2) is 0 Å². The number of rotatable bonds is 2. The number of hydrogen-bond acceptors (Lipinski definition) is 3. The Morgan fingerprint density at radius 1 is 1.44 bits per heavy atom. The van der Waals surface area contributed by atoms with Crippen LogP contribution in [0.2, 0.25) is 0 Å². The van der Waals surface area contributed by atoms with E-state index in [4.69, 9.17) is 0 Å². The van der Waals surface area contributed by atoms with Crippen LogP contribution in [0.5, 0.6) is 0 Å². The minimum atomic E-state index is -0.483. The number of benzene rings is 1. The van der Waals surface area contributed by atoms with Crippen molar-refractivity contribution >= 4 is 11.6 Å². The highest BCUT2D eigenvalue weighted by Gasteiger charge is 2.25. The Balaban J connectivity index is 2.27. The number of amides is 1. The average Bonchev–Trinajstić information content (AvgIpc) is 2.60. The van der Waals surface area contributed by atoms with Crippen LogP contribution >= 0.6 is 0 Å². The van der Waals surface area contributed by atoms with Gasteiger partial charge < -0.3 is 5.11 Å². The van der Waals surface area contributed by atoms with Crippen molar-refractivity contribution in [2.75, 3.05) is 18.6 Å². The summed E-state index contributed by atoms with van der Waals surface area (Å²) in [6.45, 7) is 2.44. The maximum atomic E-state index is 11.4. The van der Waals surface area contributed by atoms with Gasteiger partial charge in [-0.2, -0.15) is 0 Å². The lowest BCUT2D eigenvalue weighted by Crippen LogP contribution is -2.35. The molecule has 86 valence electrons. The fraction of sp³-hybridized carbons (Fsp3) is 0.417. The van der Waals surface area contributed by atoms with Crippen molar-refractivity contribution in [1.29, 1.82) is 0 Å². The Labute approximate surface area is 95.1 Å². The molecule has 1 N–H and O–H groups in total. The summed E-state index contributed by atoms with van der Waals surface area (Å²) in [6.07, 6.45) is 0.0682. The van der Waals surface area contributed by atoms with Crippen LogP contribution in [0.1, 0.15) is 25.0 Å². The van der Waals surface area contributed by atoms with Gasteiger partial charge in [0.05, 0.1) is 11.8 Å². The molecule has 1 aromatic rings. The topological polar surface area (TPSA) is 43.8 Å². The van der Waals surface area contributed by atoms with Gasteiger partial charge in [0.2, 0.25) is 5.91 Å². The molecule has 1 saturated heterocycles. The number of hydrazine groups is 1. The number of carbonyl (C=O) groups excluding carboxylic acids is 1. The number of carbonyl (C=O) groups is 1. The van der Waals surface area contributed by atoms with Crippen molar-refractivity contribution in [2.45, 2.75) is 19.4 Å². The predicted octanol–water partition coefficient (Wildman–Crippen LogP) is 1.32. The summed E-state index contributed by atoms with van der Waals surface area (Å²) in [5.74, 6) is 0.127. The Hall–Kier alpha value is -1.55. The lowest BCUT2D eigenvalue weighted by molar-refractivity contribution is -0.126. The fourth-order valence-electron chi connectivity index (χ4n) is 1.90. The second-order valence-electron chi connectivity index (χ2n) is 4.06. The second kappa shape index (κ2) is 4.14. The molecule has 0 aromatic heterocycles. The normalized spacial score (nSPS) is 18.1. The van der Waals surface area contributed by atoms with E-state index < -0.39 is 6.10 Å². The lowest BCUT2D eigenvalue weighted by Gasteiger charge is -2.26. The van der Waals surface area contributed by atoms with E-state index >= 15 is 0 Å². The van der Waals surface area contributed by atoms with Crippen LogP contribution in [-0.2, 0) is 4.79 Å². The van der Waals surface area contributed by atoms with Crippen LogP contribution in [-0.4, -0.2) is 29.6 Å². The first-order valence-electron chi connectivity index (χ1n) is 5.41. The molecule has 1 aliphatic heterocycles. The third kappa shape index (κ3) is 1.88. The molecule has 1 atom stereocenters. The molecule has 0 saturated carbocycles. The molecule has 4 heteroatoms. The van der Waals surface area contributed by atoms with Gasteiger partial charge in [0, 0.05) is 20.0 Å². The number of aliphatic hydroxyl groups is 1. The van der Waals surface area contributed by atoms with Gasteiger partial charge in [-0.3, -0.25) is 14.8 Å². The van der Waals surface area contributed by atoms with Crippen LogP contribution in [0.4, 0.5) is 5.69 Å². The van der Waals surface area contributed by atoms with Crippen molar-refractivity contribution < 1.29 is 9.90 Å². The highest BCUT2D eigenvalue weighted by atomic mass is 16.3. The highest BCUT2D eigenvalue weighted by Crippen LogP contribution is 2.24. The Kier molecular flexibility index (Phi) is 2.83. The molecule has 1 aromatic carbocycles. The second-order valence-corrected chi connectivity index (χ2v) is 4.06. The summed E-state index contributed by atoms with van der Waals surface area (Å²) in [6, 6.07) is 7.64. The van der Waals surface area contributed by atoms with E-state index in [2.05, 4.69) is 0 Å². The predicted molar refractivity (Wildman–Crippen MR) is 61.8 cm³/mol. The number of nitrogens with zero attached hydrogens (tertiary/aromatic N) is 2. The Morgan fingerprint density at radius 2 is 2.19 bits per heavy atom. The molecule has 1 unspecified atom stereocenters. The van der Waals surface area contributed by atoms with Gasteiger partial charge in [-0.05, 0) is 24.6 Å². The zero-order chi connectivity index (χ0) is 11.7. The molecule has 1 fully saturated rings. The molecule has 4 nitrogen and oxygen atoms in total. The molecule has 1 aliphatic rings. The van der Waals surface area contributed by atoms with E-state index in [1.54, 1.807) is 19.0 Å². The van der Waals surface area contributed by atoms with Crippen LogP contribution in [0.25, 0.3) is 0 Å². The maximum Gasteiger partial charge on any atom is 0.242 e. The van der Waals surface area contributed by atoms with Crippen molar-refractivity contribution in [3.8, 4) is 0 Å². The number of anilines is 1. The summed E-state index contributed by atoms with van der Waals surface area (Å²) in [5.41, 5.74) is 1.82. The van der Waals surface area contributed by atoms with E-state index in [0.29, 0.717) is 13.0 Å². The Morgan fingerprint density at radius 3 is 2.75 bits per heavy atom. The molecule has 2 rings (SSSR count). The van der Waals surface area contributed by atoms with Crippen molar-refractivity contribution in [3.05, 3.63) is 29.8 Å². The monoisotopic (exact) mass is 220 g/mol. The molecule has 1 amide bonds. The summed E-state index contributed by atoms with van der Waals surface area (Å²) in [5, 5.41) is 13.1. The first kappa shape index (κ1) is 11.0. The number of hydrogen-bond donors (Lipinski definition) is 1. The van der Waals surface area contributed by atoms with E-state index in [0.717, 1.165) is 11.3 Å². The van der Waals surface area contributed by atoms with Gasteiger partial charge in [0.15, 0.2) is 0 Å². The average molecular weight is 220 g/mol. The zero-order valence-electron chi connectivity index (χ0n) is 9.55. The largest absolute Gasteiger partial charge is 0.389 e. The summed E-state index contributed by atoms with van der Waals surface area (Å²) in [7, 11) is 1.77. The quantitative estimate of drug-likeness (QED) is 0.817. The van der Waals surface area contributed by atoms with Crippen molar-refractivity contribution in [1.82, 2.24) is 5.01 Å². The molecule has 0 radical (unpaired) electrons. The molecule has 0 aliphatic carbocycles. The summed E-state index contributed by atoms with van der Waals surface area (Å²) in [4.78, 5) is 11.4. The minimum absolute atomic E-state index is 0.127. The van der Waals surface area contributed by atoms with Crippen molar-refractivity contribution in [2.24, 2.45) is 0 Å². The smallest absolute Gasteiger partial charge is 0.242 e. The van der Waals surface area contributed by atoms with Crippen LogP contribution in [0, 0.1) is 0 Å². The van der Waals surface area contributed by atoms with Gasteiger partial charge >= 0.3 is 0 Å². The standard InChI is InChI=1S/C12H16N2O2/c1-9(15)10-4-3-5-11(8-10)14-7-6-12(16)13(14)2/h3-5,8-9,15H,6-7H2,1-2H3. The van der Waals surface area contributed by atoms with Gasteiger partial charge in [-0.1, -0.05) is 12.1 Å². The van der Waals surface area contributed by atoms with E-state index in [9.17, 15) is 9.90 Å². The lowest BCUT2D eigenvalue weighted by atomic mass is 10.1. The third-order valence-electron chi connectivity index (χ3n) is 2.91. The minimum Gasteiger partial charge on any atom is -0.389 e. The third-order valence-corrected chi connectivity index (χ3v) is 2.91. The fourth-order valence-corrected chi connectivity index (χ4v) is 1.90. The van der Waals surface area contributed by atoms with Crippen molar-refractivity contribution in [3.63, 3.8) is 0 Å². The molecule has 1 heterocycles. The van der Waals surface area contributed by atoms with Crippen LogP contribution in [0.15, 0.2) is 24.3 Å². The first-order valence-corrected chi connectivity index (χ1v) is 5.41. The SMILES string of the molecule is CC(O)c1cccc(N2CCC(=O)N2C)c1. The Bertz CT molecular complexity index is 404. The molecule has 16 heavy (non-hydrogen) atoms. The van der Waals surface area contributed by atoms with Crippen LogP contribution < -0.4 is 5.01 Å². The summed E-state index contributed by atoms with van der Waals surface area (Å²) >= 11 is 0. The van der Waals surface area contributed by atoms with E-state index in [1.807, 2.05) is 29.3 Å².